The number of benzene rings is 2. The molecule has 0 saturated carbocycles. The second-order valence-corrected chi connectivity index (χ2v) is 4.85. The molecule has 0 aliphatic heterocycles. The monoisotopic (exact) mass is 245 g/mol. The fraction of sp³-hybridized carbons (Fsp3) is 0.200. The lowest BCUT2D eigenvalue weighted by atomic mass is 10.0. The van der Waals surface area contributed by atoms with Crippen LogP contribution in [-0.4, -0.2) is 0 Å². The van der Waals surface area contributed by atoms with Gasteiger partial charge in [-0.2, -0.15) is 0 Å². The van der Waals surface area contributed by atoms with Crippen LogP contribution in [0, 0.1) is 0 Å². The minimum atomic E-state index is 0.543. The predicted octanol–water partition coefficient (Wildman–Crippen LogP) is 5.21. The van der Waals surface area contributed by atoms with Crippen LogP contribution in [0.25, 0.3) is 0 Å². The Kier molecular flexibility index (Phi) is 3.70. The molecule has 17 heavy (non-hydrogen) atoms. The lowest BCUT2D eigenvalue weighted by Crippen LogP contribution is -1.92. The van der Waals surface area contributed by atoms with Gasteiger partial charge in [0.25, 0.3) is 0 Å². The number of rotatable bonds is 3. The number of nitrogens with one attached hydrogen (secondary N) is 1. The van der Waals surface area contributed by atoms with Gasteiger partial charge in [-0.25, -0.2) is 0 Å². The molecular formula is C15H16ClN. The molecule has 2 heteroatoms. The molecule has 0 aliphatic rings. The summed E-state index contributed by atoms with van der Waals surface area (Å²) in [5, 5.41) is 4.12. The Balaban J connectivity index is 2.18. The molecule has 2 aromatic carbocycles. The number of anilines is 2. The van der Waals surface area contributed by atoms with Crippen LogP contribution < -0.4 is 5.32 Å². The van der Waals surface area contributed by atoms with Gasteiger partial charge in [-0.3, -0.25) is 0 Å². The Morgan fingerprint density at radius 3 is 2.29 bits per heavy atom. The highest BCUT2D eigenvalue weighted by atomic mass is 35.5. The Hall–Kier alpha value is -1.47. The average molecular weight is 246 g/mol. The van der Waals surface area contributed by atoms with Crippen LogP contribution in [0.4, 0.5) is 11.4 Å². The largest absolute Gasteiger partial charge is 0.356 e. The molecular weight excluding hydrogens is 230 g/mol. The zero-order valence-corrected chi connectivity index (χ0v) is 10.8. The molecule has 0 unspecified atom stereocenters. The standard InChI is InChI=1S/C15H16ClN/c1-11(2)12-4-3-5-15(10-12)17-14-8-6-13(16)7-9-14/h3-11,17H,1-2H3. The maximum absolute atomic E-state index is 5.85. The summed E-state index contributed by atoms with van der Waals surface area (Å²) in [5.74, 6) is 0.543. The highest BCUT2D eigenvalue weighted by Crippen LogP contribution is 2.22. The highest BCUT2D eigenvalue weighted by molar-refractivity contribution is 6.30. The van der Waals surface area contributed by atoms with Crippen LogP contribution in [0.5, 0.6) is 0 Å². The number of hydrogen-bond acceptors (Lipinski definition) is 1. The Bertz CT molecular complexity index is 489. The molecule has 0 heterocycles. The van der Waals surface area contributed by atoms with Crippen molar-refractivity contribution in [2.45, 2.75) is 19.8 Å². The van der Waals surface area contributed by atoms with Crippen molar-refractivity contribution in [3.8, 4) is 0 Å². The van der Waals surface area contributed by atoms with E-state index in [0.717, 1.165) is 16.4 Å². The van der Waals surface area contributed by atoms with E-state index in [1.54, 1.807) is 0 Å². The fourth-order valence-corrected chi connectivity index (χ4v) is 1.80. The lowest BCUT2D eigenvalue weighted by molar-refractivity contribution is 0.867. The quantitative estimate of drug-likeness (QED) is 0.783. The first kappa shape index (κ1) is 12.0. The molecule has 2 aromatic rings. The third-order valence-electron chi connectivity index (χ3n) is 2.69. The van der Waals surface area contributed by atoms with Crippen LogP contribution in [0.2, 0.25) is 5.02 Å². The summed E-state index contributed by atoms with van der Waals surface area (Å²) < 4.78 is 0. The molecule has 88 valence electrons. The minimum absolute atomic E-state index is 0.543. The van der Waals surface area contributed by atoms with Gasteiger partial charge in [-0.1, -0.05) is 37.6 Å². The van der Waals surface area contributed by atoms with Gasteiger partial charge in [0.15, 0.2) is 0 Å². The molecule has 1 nitrogen and oxygen atoms in total. The summed E-state index contributed by atoms with van der Waals surface area (Å²) in [7, 11) is 0. The van der Waals surface area contributed by atoms with Crippen LogP contribution in [0.15, 0.2) is 48.5 Å². The van der Waals surface area contributed by atoms with Gasteiger partial charge in [0, 0.05) is 16.4 Å². The van der Waals surface area contributed by atoms with Crippen LogP contribution in [0.3, 0.4) is 0 Å². The fourth-order valence-electron chi connectivity index (χ4n) is 1.68. The smallest absolute Gasteiger partial charge is 0.0407 e. The van der Waals surface area contributed by atoms with Crippen molar-refractivity contribution in [1.29, 1.82) is 0 Å². The van der Waals surface area contributed by atoms with Gasteiger partial charge in [-0.05, 0) is 47.9 Å². The van der Waals surface area contributed by atoms with E-state index < -0.39 is 0 Å². The maximum atomic E-state index is 5.85. The van der Waals surface area contributed by atoms with Crippen LogP contribution >= 0.6 is 11.6 Å². The highest BCUT2D eigenvalue weighted by Gasteiger charge is 2.00. The summed E-state index contributed by atoms with van der Waals surface area (Å²) in [6.45, 7) is 4.39. The third-order valence-corrected chi connectivity index (χ3v) is 2.94. The molecule has 0 amide bonds. The summed E-state index contributed by atoms with van der Waals surface area (Å²) in [5.41, 5.74) is 3.50. The van der Waals surface area contributed by atoms with Gasteiger partial charge in [0.05, 0.1) is 0 Å². The van der Waals surface area contributed by atoms with Crippen LogP contribution in [0.1, 0.15) is 25.3 Å². The Morgan fingerprint density at radius 2 is 1.65 bits per heavy atom. The van der Waals surface area contributed by atoms with Gasteiger partial charge < -0.3 is 5.32 Å². The van der Waals surface area contributed by atoms with E-state index in [9.17, 15) is 0 Å². The molecule has 0 bridgehead atoms. The van der Waals surface area contributed by atoms with E-state index in [4.69, 9.17) is 11.6 Å². The molecule has 1 N–H and O–H groups in total. The van der Waals surface area contributed by atoms with Crippen molar-refractivity contribution in [3.05, 3.63) is 59.1 Å². The molecule has 2 rings (SSSR count). The molecule has 0 atom stereocenters. The molecule has 0 saturated heterocycles. The van der Waals surface area contributed by atoms with E-state index in [0.29, 0.717) is 5.92 Å². The van der Waals surface area contributed by atoms with Gasteiger partial charge in [-0.15, -0.1) is 0 Å². The molecule has 0 fully saturated rings. The predicted molar refractivity (Wildman–Crippen MR) is 75.3 cm³/mol. The third kappa shape index (κ3) is 3.24. The van der Waals surface area contributed by atoms with Gasteiger partial charge in [0.1, 0.15) is 0 Å². The van der Waals surface area contributed by atoms with Crippen molar-refractivity contribution in [2.24, 2.45) is 0 Å². The number of halogens is 1. The lowest BCUT2D eigenvalue weighted by Gasteiger charge is -2.10. The van der Waals surface area contributed by atoms with E-state index in [1.165, 1.54) is 5.56 Å². The first-order chi connectivity index (χ1) is 8.15. The van der Waals surface area contributed by atoms with Crippen molar-refractivity contribution in [1.82, 2.24) is 0 Å². The first-order valence-corrected chi connectivity index (χ1v) is 6.15. The Morgan fingerprint density at radius 1 is 0.941 bits per heavy atom. The van der Waals surface area contributed by atoms with Crippen molar-refractivity contribution in [3.63, 3.8) is 0 Å². The minimum Gasteiger partial charge on any atom is -0.356 e. The normalized spacial score (nSPS) is 10.6. The molecule has 0 radical (unpaired) electrons. The van der Waals surface area contributed by atoms with Gasteiger partial charge >= 0.3 is 0 Å². The number of hydrogen-bond donors (Lipinski definition) is 1. The van der Waals surface area contributed by atoms with Crippen molar-refractivity contribution >= 4 is 23.0 Å². The molecule has 0 aliphatic carbocycles. The van der Waals surface area contributed by atoms with E-state index in [-0.39, 0.29) is 0 Å². The topological polar surface area (TPSA) is 12.0 Å². The SMILES string of the molecule is CC(C)c1cccc(Nc2ccc(Cl)cc2)c1. The second-order valence-electron chi connectivity index (χ2n) is 4.41. The Labute approximate surface area is 107 Å². The summed E-state index contributed by atoms with van der Waals surface area (Å²) in [6, 6.07) is 16.2. The van der Waals surface area contributed by atoms with E-state index in [1.807, 2.05) is 24.3 Å². The van der Waals surface area contributed by atoms with Crippen LogP contribution in [-0.2, 0) is 0 Å². The summed E-state index contributed by atoms with van der Waals surface area (Å²) in [6.07, 6.45) is 0. The van der Waals surface area contributed by atoms with E-state index in [2.05, 4.69) is 43.4 Å². The second kappa shape index (κ2) is 5.24. The maximum Gasteiger partial charge on any atom is 0.0407 e. The van der Waals surface area contributed by atoms with Crippen molar-refractivity contribution in [2.75, 3.05) is 5.32 Å². The van der Waals surface area contributed by atoms with Gasteiger partial charge in [0.2, 0.25) is 0 Å². The zero-order chi connectivity index (χ0) is 12.3. The zero-order valence-electron chi connectivity index (χ0n) is 10.1. The molecule has 0 aromatic heterocycles. The van der Waals surface area contributed by atoms with Crippen molar-refractivity contribution < 1.29 is 0 Å². The van der Waals surface area contributed by atoms with E-state index >= 15 is 0 Å². The average Bonchev–Trinajstić information content (AvgIpc) is 2.32. The summed E-state index contributed by atoms with van der Waals surface area (Å²) >= 11 is 5.85. The molecule has 0 spiro atoms. The first-order valence-electron chi connectivity index (χ1n) is 5.78. The summed E-state index contributed by atoms with van der Waals surface area (Å²) in [4.78, 5) is 0.